The van der Waals surface area contributed by atoms with Gasteiger partial charge in [0.25, 0.3) is 0 Å². The number of nitrogens with one attached hydrogen (secondary N) is 2. The normalized spacial score (nSPS) is 16.6. The first-order valence-corrected chi connectivity index (χ1v) is 9.74. The Bertz CT molecular complexity index is 629. The Kier molecular flexibility index (Phi) is 6.68. The second-order valence-corrected chi connectivity index (χ2v) is 8.05. The van der Waals surface area contributed by atoms with Crippen LogP contribution in [0.2, 0.25) is 5.02 Å². The lowest BCUT2D eigenvalue weighted by Crippen LogP contribution is -2.39. The third-order valence-electron chi connectivity index (χ3n) is 3.69. The molecule has 0 aliphatic carbocycles. The number of anilines is 1. The standard InChI is InChI=1S/C15H22ClN3O3S/c16-13-6-5-7-14(12-13)18-15(20)17-8-11-23(21,22)19-9-3-1-2-4-10-19/h5-7,12H,1-4,8-11H2,(H2,17,18,20). The summed E-state index contributed by atoms with van der Waals surface area (Å²) in [6.45, 7) is 1.24. The average molecular weight is 360 g/mol. The van der Waals surface area contributed by atoms with Crippen LogP contribution in [0.15, 0.2) is 24.3 Å². The van der Waals surface area contributed by atoms with E-state index in [0.29, 0.717) is 23.8 Å². The molecule has 128 valence electrons. The number of amides is 2. The van der Waals surface area contributed by atoms with Crippen LogP contribution in [0.25, 0.3) is 0 Å². The fourth-order valence-electron chi connectivity index (χ4n) is 2.48. The number of urea groups is 1. The van der Waals surface area contributed by atoms with Crippen LogP contribution in [0.4, 0.5) is 10.5 Å². The Hall–Kier alpha value is -1.31. The predicted molar refractivity (Wildman–Crippen MR) is 92.3 cm³/mol. The Labute approximate surface area is 142 Å². The van der Waals surface area contributed by atoms with Crippen LogP contribution in [-0.2, 0) is 10.0 Å². The first-order valence-electron chi connectivity index (χ1n) is 7.76. The lowest BCUT2D eigenvalue weighted by Gasteiger charge is -2.19. The molecule has 0 aromatic heterocycles. The van der Waals surface area contributed by atoms with Crippen LogP contribution in [-0.4, -0.2) is 44.1 Å². The molecule has 8 heteroatoms. The van der Waals surface area contributed by atoms with E-state index in [1.165, 1.54) is 4.31 Å². The van der Waals surface area contributed by atoms with Gasteiger partial charge in [0.05, 0.1) is 5.75 Å². The number of hydrogen-bond donors (Lipinski definition) is 2. The number of halogens is 1. The summed E-state index contributed by atoms with van der Waals surface area (Å²) in [5.74, 6) is -0.0873. The van der Waals surface area contributed by atoms with Gasteiger partial charge in [0.1, 0.15) is 0 Å². The highest BCUT2D eigenvalue weighted by Crippen LogP contribution is 2.15. The quantitative estimate of drug-likeness (QED) is 0.848. The molecule has 6 nitrogen and oxygen atoms in total. The van der Waals surface area contributed by atoms with Gasteiger partial charge in [0, 0.05) is 30.3 Å². The third-order valence-corrected chi connectivity index (χ3v) is 5.79. The van der Waals surface area contributed by atoms with Crippen molar-refractivity contribution in [2.45, 2.75) is 25.7 Å². The van der Waals surface area contributed by atoms with Gasteiger partial charge in [-0.2, -0.15) is 0 Å². The lowest BCUT2D eigenvalue weighted by molar-refractivity contribution is 0.252. The molecule has 0 unspecified atom stereocenters. The summed E-state index contributed by atoms with van der Waals surface area (Å²) in [6, 6.07) is 6.31. The molecule has 0 bridgehead atoms. The minimum Gasteiger partial charge on any atom is -0.337 e. The number of hydrogen-bond acceptors (Lipinski definition) is 3. The first-order chi connectivity index (χ1) is 11.0. The van der Waals surface area contributed by atoms with Crippen molar-refractivity contribution < 1.29 is 13.2 Å². The third kappa shape index (κ3) is 6.01. The Balaban J connectivity index is 1.78. The molecule has 2 N–H and O–H groups in total. The number of nitrogens with zero attached hydrogens (tertiary/aromatic N) is 1. The van der Waals surface area contributed by atoms with E-state index in [0.717, 1.165) is 25.7 Å². The summed E-state index contributed by atoms with van der Waals surface area (Å²) in [5, 5.41) is 5.70. The molecule has 1 aromatic rings. The van der Waals surface area contributed by atoms with Gasteiger partial charge >= 0.3 is 6.03 Å². The summed E-state index contributed by atoms with van der Waals surface area (Å²) in [4.78, 5) is 11.8. The topological polar surface area (TPSA) is 78.5 Å². The number of sulfonamides is 1. The maximum atomic E-state index is 12.3. The summed E-state index contributed by atoms with van der Waals surface area (Å²) in [5.41, 5.74) is 0.561. The van der Waals surface area contributed by atoms with Crippen molar-refractivity contribution in [3.05, 3.63) is 29.3 Å². The van der Waals surface area contributed by atoms with Crippen molar-refractivity contribution in [3.63, 3.8) is 0 Å². The van der Waals surface area contributed by atoms with E-state index >= 15 is 0 Å². The van der Waals surface area contributed by atoms with E-state index in [9.17, 15) is 13.2 Å². The fourth-order valence-corrected chi connectivity index (χ4v) is 4.11. The summed E-state index contributed by atoms with van der Waals surface area (Å²) in [7, 11) is -3.31. The van der Waals surface area contributed by atoms with Crippen molar-refractivity contribution in [3.8, 4) is 0 Å². The molecule has 1 aliphatic heterocycles. The number of carbonyl (C=O) groups is 1. The van der Waals surface area contributed by atoms with Crippen LogP contribution in [0.1, 0.15) is 25.7 Å². The van der Waals surface area contributed by atoms with Gasteiger partial charge in [-0.1, -0.05) is 30.5 Å². The van der Waals surface area contributed by atoms with Crippen LogP contribution in [0.5, 0.6) is 0 Å². The second kappa shape index (κ2) is 8.52. The van der Waals surface area contributed by atoms with Gasteiger partial charge in [0.15, 0.2) is 0 Å². The van der Waals surface area contributed by atoms with Gasteiger partial charge < -0.3 is 10.6 Å². The monoisotopic (exact) mass is 359 g/mol. The van der Waals surface area contributed by atoms with Gasteiger partial charge in [-0.05, 0) is 31.0 Å². The van der Waals surface area contributed by atoms with E-state index in [2.05, 4.69) is 10.6 Å². The van der Waals surface area contributed by atoms with Gasteiger partial charge in [-0.3, -0.25) is 0 Å². The highest BCUT2D eigenvalue weighted by molar-refractivity contribution is 7.89. The predicted octanol–water partition coefficient (Wildman–Crippen LogP) is 2.67. The smallest absolute Gasteiger partial charge is 0.319 e. The highest BCUT2D eigenvalue weighted by Gasteiger charge is 2.22. The van der Waals surface area contributed by atoms with Crippen LogP contribution < -0.4 is 10.6 Å². The molecule has 1 aromatic carbocycles. The zero-order valence-corrected chi connectivity index (χ0v) is 14.5. The van der Waals surface area contributed by atoms with Crippen LogP contribution in [0.3, 0.4) is 0 Å². The molecular weight excluding hydrogens is 338 g/mol. The van der Waals surface area contributed by atoms with Gasteiger partial charge in [0.2, 0.25) is 10.0 Å². The van der Waals surface area contributed by atoms with Crippen molar-refractivity contribution >= 4 is 33.3 Å². The molecule has 2 amide bonds. The molecule has 1 fully saturated rings. The molecule has 0 saturated carbocycles. The molecule has 0 spiro atoms. The summed E-state index contributed by atoms with van der Waals surface area (Å²) in [6.07, 6.45) is 3.96. The molecule has 1 saturated heterocycles. The number of rotatable bonds is 5. The molecule has 1 aliphatic rings. The maximum absolute atomic E-state index is 12.3. The highest BCUT2D eigenvalue weighted by atomic mass is 35.5. The zero-order chi connectivity index (χ0) is 16.7. The SMILES string of the molecule is O=C(NCCS(=O)(=O)N1CCCCCC1)Nc1cccc(Cl)c1. The summed E-state index contributed by atoms with van der Waals surface area (Å²) < 4.78 is 26.1. The van der Waals surface area contributed by atoms with Crippen molar-refractivity contribution in [1.82, 2.24) is 9.62 Å². The second-order valence-electron chi connectivity index (χ2n) is 5.52. The van der Waals surface area contributed by atoms with E-state index in [-0.39, 0.29) is 12.3 Å². The van der Waals surface area contributed by atoms with Gasteiger partial charge in [-0.15, -0.1) is 0 Å². The maximum Gasteiger partial charge on any atom is 0.319 e. The molecule has 0 radical (unpaired) electrons. The van der Waals surface area contributed by atoms with Crippen molar-refractivity contribution in [1.29, 1.82) is 0 Å². The number of benzene rings is 1. The average Bonchev–Trinajstić information content (AvgIpc) is 2.76. The van der Waals surface area contributed by atoms with E-state index in [1.54, 1.807) is 24.3 Å². The molecule has 23 heavy (non-hydrogen) atoms. The largest absolute Gasteiger partial charge is 0.337 e. The molecule has 1 heterocycles. The Morgan fingerprint density at radius 2 is 1.87 bits per heavy atom. The van der Waals surface area contributed by atoms with E-state index < -0.39 is 16.1 Å². The fraction of sp³-hybridized carbons (Fsp3) is 0.533. The molecule has 2 rings (SSSR count). The minimum atomic E-state index is -3.31. The van der Waals surface area contributed by atoms with E-state index in [1.807, 2.05) is 0 Å². The summed E-state index contributed by atoms with van der Waals surface area (Å²) >= 11 is 5.84. The van der Waals surface area contributed by atoms with Crippen LogP contribution >= 0.6 is 11.6 Å². The number of carbonyl (C=O) groups excluding carboxylic acids is 1. The first kappa shape index (κ1) is 18.0. The molecular formula is C15H22ClN3O3S. The molecule has 0 atom stereocenters. The minimum absolute atomic E-state index is 0.0746. The zero-order valence-electron chi connectivity index (χ0n) is 12.9. The lowest BCUT2D eigenvalue weighted by atomic mass is 10.2. The Morgan fingerprint density at radius 3 is 2.52 bits per heavy atom. The van der Waals surface area contributed by atoms with Crippen molar-refractivity contribution in [2.24, 2.45) is 0 Å². The van der Waals surface area contributed by atoms with E-state index in [4.69, 9.17) is 11.6 Å². The van der Waals surface area contributed by atoms with Gasteiger partial charge in [-0.25, -0.2) is 17.5 Å². The van der Waals surface area contributed by atoms with Crippen molar-refractivity contribution in [2.75, 3.05) is 30.7 Å². The van der Waals surface area contributed by atoms with Crippen LogP contribution in [0, 0.1) is 0 Å². The Morgan fingerprint density at radius 1 is 1.17 bits per heavy atom.